The van der Waals surface area contributed by atoms with Gasteiger partial charge in [0.1, 0.15) is 22.3 Å². The number of imidazole rings is 1. The molecule has 29 heavy (non-hydrogen) atoms. The summed E-state index contributed by atoms with van der Waals surface area (Å²) in [7, 11) is 0. The van der Waals surface area contributed by atoms with E-state index in [0.29, 0.717) is 53.6 Å². The van der Waals surface area contributed by atoms with Gasteiger partial charge in [0, 0.05) is 12.6 Å². The molecule has 0 radical (unpaired) electrons. The molecule has 0 amide bonds. The molecule has 0 aliphatic rings. The van der Waals surface area contributed by atoms with Crippen LogP contribution in [0.3, 0.4) is 0 Å². The molecule has 10 heteroatoms. The Morgan fingerprint density at radius 1 is 1.38 bits per heavy atom. The van der Waals surface area contributed by atoms with Crippen LogP contribution >= 0.6 is 0 Å². The molecule has 154 valence electrons. The van der Waals surface area contributed by atoms with Gasteiger partial charge >= 0.3 is 0 Å². The van der Waals surface area contributed by atoms with Gasteiger partial charge < -0.3 is 25.9 Å². The number of aryl methyl sites for hydroxylation is 1. The number of hydrogen-bond donors (Lipinski definition) is 3. The second-order valence-corrected chi connectivity index (χ2v) is 7.27. The molecule has 0 unspecified atom stereocenters. The lowest BCUT2D eigenvalue weighted by molar-refractivity contribution is 0.143. The molecule has 10 nitrogen and oxygen atoms in total. The predicted octanol–water partition coefficient (Wildman–Crippen LogP) is 1.32. The number of aliphatic hydroxyl groups is 1. The molecule has 1 atom stereocenters. The van der Waals surface area contributed by atoms with Crippen molar-refractivity contribution in [1.82, 2.24) is 24.8 Å². The van der Waals surface area contributed by atoms with Crippen molar-refractivity contribution in [3.63, 3.8) is 0 Å². The topological polar surface area (TPSA) is 151 Å². The zero-order valence-electron chi connectivity index (χ0n) is 16.9. The average Bonchev–Trinajstić information content (AvgIpc) is 3.22. The first-order valence-electron chi connectivity index (χ1n) is 9.32. The number of nitrogen functional groups attached to an aromatic ring is 1. The number of nitrogens with zero attached hydrogens (tertiary/aromatic N) is 5. The maximum Gasteiger partial charge on any atom is 0.199 e. The average molecular weight is 399 g/mol. The van der Waals surface area contributed by atoms with Crippen molar-refractivity contribution in [2.75, 3.05) is 12.3 Å². The summed E-state index contributed by atoms with van der Waals surface area (Å²) >= 11 is 0. The number of aromatic nitrogens is 5. The van der Waals surface area contributed by atoms with Crippen LogP contribution in [0.5, 0.6) is 5.75 Å². The van der Waals surface area contributed by atoms with Gasteiger partial charge in [0.25, 0.3) is 0 Å². The van der Waals surface area contributed by atoms with Crippen LogP contribution in [0.25, 0.3) is 22.6 Å². The van der Waals surface area contributed by atoms with Crippen LogP contribution in [-0.2, 0) is 6.54 Å². The van der Waals surface area contributed by atoms with Crippen molar-refractivity contribution >= 4 is 16.9 Å². The number of ether oxygens (including phenoxy) is 1. The largest absolute Gasteiger partial charge is 0.490 e. The van der Waals surface area contributed by atoms with Gasteiger partial charge in [-0.2, -0.15) is 0 Å². The van der Waals surface area contributed by atoms with Crippen molar-refractivity contribution in [3.05, 3.63) is 11.9 Å². The first-order chi connectivity index (χ1) is 13.7. The van der Waals surface area contributed by atoms with Gasteiger partial charge in [0.05, 0.1) is 12.8 Å². The molecule has 3 rings (SSSR count). The van der Waals surface area contributed by atoms with Gasteiger partial charge in [-0.1, -0.05) is 5.92 Å². The lowest BCUT2D eigenvalue weighted by Gasteiger charge is -2.12. The standard InChI is InChI=1S/C19H25N7O3/c1-5-26-16-13(28-9-7-11(2)20)10-22-12(6-8-19(3,4)27)14(16)23-18(26)15-17(21)25-29-24-15/h10-11,27H,5,7,9,20H2,1-4H3,(H2,21,25)/t11-/m0/s1. The molecule has 0 saturated carbocycles. The van der Waals surface area contributed by atoms with E-state index >= 15 is 0 Å². The Balaban J connectivity index is 2.21. The van der Waals surface area contributed by atoms with Crippen molar-refractivity contribution in [1.29, 1.82) is 0 Å². The van der Waals surface area contributed by atoms with E-state index in [4.69, 9.17) is 20.8 Å². The van der Waals surface area contributed by atoms with Crippen LogP contribution in [0.4, 0.5) is 5.82 Å². The van der Waals surface area contributed by atoms with Crippen molar-refractivity contribution < 1.29 is 14.5 Å². The van der Waals surface area contributed by atoms with E-state index in [9.17, 15) is 5.11 Å². The van der Waals surface area contributed by atoms with E-state index in [2.05, 4.69) is 32.1 Å². The second-order valence-electron chi connectivity index (χ2n) is 7.27. The Morgan fingerprint density at radius 3 is 2.72 bits per heavy atom. The van der Waals surface area contributed by atoms with Crippen LogP contribution in [0.2, 0.25) is 0 Å². The van der Waals surface area contributed by atoms with E-state index in [0.717, 1.165) is 0 Å². The van der Waals surface area contributed by atoms with Gasteiger partial charge in [-0.05, 0) is 50.3 Å². The smallest absolute Gasteiger partial charge is 0.199 e. The lowest BCUT2D eigenvalue weighted by Crippen LogP contribution is -2.18. The summed E-state index contributed by atoms with van der Waals surface area (Å²) in [5, 5.41) is 17.5. The molecular formula is C19H25N7O3. The minimum absolute atomic E-state index is 0.0167. The maximum absolute atomic E-state index is 9.96. The molecule has 5 N–H and O–H groups in total. The molecule has 0 saturated heterocycles. The Hall–Kier alpha value is -3.16. The monoisotopic (exact) mass is 399 g/mol. The van der Waals surface area contributed by atoms with E-state index in [1.165, 1.54) is 0 Å². The summed E-state index contributed by atoms with van der Waals surface area (Å²) in [5.41, 5.74) is 12.5. The Kier molecular flexibility index (Phi) is 5.72. The van der Waals surface area contributed by atoms with Crippen molar-refractivity contribution in [3.8, 4) is 29.1 Å². The number of rotatable bonds is 6. The number of nitrogens with two attached hydrogens (primary N) is 2. The fraction of sp³-hybridized carbons (Fsp3) is 0.474. The fourth-order valence-corrected chi connectivity index (χ4v) is 2.72. The minimum atomic E-state index is -1.17. The van der Waals surface area contributed by atoms with E-state index < -0.39 is 5.60 Å². The fourth-order valence-electron chi connectivity index (χ4n) is 2.72. The van der Waals surface area contributed by atoms with Gasteiger partial charge in [-0.3, -0.25) is 0 Å². The van der Waals surface area contributed by atoms with Gasteiger partial charge in [0.2, 0.25) is 0 Å². The molecule has 3 aromatic rings. The quantitative estimate of drug-likeness (QED) is 0.521. The van der Waals surface area contributed by atoms with Gasteiger partial charge in [-0.25, -0.2) is 14.6 Å². The van der Waals surface area contributed by atoms with Crippen molar-refractivity contribution in [2.24, 2.45) is 5.73 Å². The maximum atomic E-state index is 9.96. The molecular weight excluding hydrogens is 374 g/mol. The minimum Gasteiger partial charge on any atom is -0.490 e. The Bertz CT molecular complexity index is 1070. The molecule has 3 heterocycles. The molecule has 0 fully saturated rings. The summed E-state index contributed by atoms with van der Waals surface area (Å²) in [6, 6.07) is 0.0167. The Morgan fingerprint density at radius 2 is 2.14 bits per heavy atom. The second kappa shape index (κ2) is 8.06. The summed E-state index contributed by atoms with van der Waals surface area (Å²) in [6.07, 6.45) is 2.29. The molecule has 0 spiro atoms. The SMILES string of the molecule is CCn1c(-c2nonc2N)nc2c(C#CC(C)(C)O)ncc(OCC[C@H](C)N)c21. The zero-order valence-corrected chi connectivity index (χ0v) is 16.9. The van der Waals surface area contributed by atoms with E-state index in [1.807, 2.05) is 18.4 Å². The van der Waals surface area contributed by atoms with Crippen LogP contribution in [0.1, 0.15) is 39.8 Å². The number of hydrogen-bond acceptors (Lipinski definition) is 9. The third kappa shape index (κ3) is 4.47. The highest BCUT2D eigenvalue weighted by molar-refractivity contribution is 5.89. The highest BCUT2D eigenvalue weighted by atomic mass is 16.6. The third-order valence-electron chi connectivity index (χ3n) is 4.10. The Labute approximate surface area is 168 Å². The van der Waals surface area contributed by atoms with Gasteiger partial charge in [0.15, 0.2) is 23.1 Å². The molecule has 0 aromatic carbocycles. The van der Waals surface area contributed by atoms with Crippen LogP contribution in [0, 0.1) is 11.8 Å². The van der Waals surface area contributed by atoms with E-state index in [-0.39, 0.29) is 11.9 Å². The first kappa shape index (κ1) is 20.6. The van der Waals surface area contributed by atoms with Crippen LogP contribution in [0.15, 0.2) is 10.8 Å². The number of anilines is 1. The zero-order chi connectivity index (χ0) is 21.2. The summed E-state index contributed by atoms with van der Waals surface area (Å²) in [5.74, 6) is 6.81. The number of fused-ring (bicyclic) bond motifs is 1. The highest BCUT2D eigenvalue weighted by Gasteiger charge is 2.23. The molecule has 0 aliphatic heterocycles. The first-order valence-corrected chi connectivity index (χ1v) is 9.32. The molecule has 0 bridgehead atoms. The van der Waals surface area contributed by atoms with Crippen LogP contribution < -0.4 is 16.2 Å². The summed E-state index contributed by atoms with van der Waals surface area (Å²) in [6.45, 7) is 8.07. The van der Waals surface area contributed by atoms with E-state index in [1.54, 1.807) is 20.0 Å². The molecule has 3 aromatic heterocycles. The predicted molar refractivity (Wildman–Crippen MR) is 108 cm³/mol. The summed E-state index contributed by atoms with van der Waals surface area (Å²) in [4.78, 5) is 9.05. The lowest BCUT2D eigenvalue weighted by atomic mass is 10.1. The number of pyridine rings is 1. The third-order valence-corrected chi connectivity index (χ3v) is 4.10. The normalized spacial score (nSPS) is 12.6. The highest BCUT2D eigenvalue weighted by Crippen LogP contribution is 2.33. The molecule has 0 aliphatic carbocycles. The summed E-state index contributed by atoms with van der Waals surface area (Å²) < 4.78 is 12.6. The van der Waals surface area contributed by atoms with Crippen LogP contribution in [-0.4, -0.2) is 48.2 Å². The van der Waals surface area contributed by atoms with Gasteiger partial charge in [-0.15, -0.1) is 0 Å². The van der Waals surface area contributed by atoms with Crippen molar-refractivity contribution in [2.45, 2.75) is 52.3 Å².